The number of hydrogen-bond acceptors (Lipinski definition) is 5. The summed E-state index contributed by atoms with van der Waals surface area (Å²) < 4.78 is 18.9. The predicted molar refractivity (Wildman–Crippen MR) is 111 cm³/mol. The molecule has 0 fully saturated rings. The van der Waals surface area contributed by atoms with E-state index in [2.05, 4.69) is 10.4 Å². The molecule has 0 bridgehead atoms. The summed E-state index contributed by atoms with van der Waals surface area (Å²) in [5, 5.41) is 7.71. The zero-order chi connectivity index (χ0) is 20.5. The van der Waals surface area contributed by atoms with Crippen LogP contribution in [0.4, 0.5) is 0 Å². The third-order valence-corrected chi connectivity index (χ3v) is 5.36. The molecule has 3 aromatic rings. The Bertz CT molecular complexity index is 1090. The number of nitrogens with one attached hydrogen (secondary N) is 1. The van der Waals surface area contributed by atoms with Crippen LogP contribution >= 0.6 is 0 Å². The fourth-order valence-corrected chi connectivity index (χ4v) is 3.91. The minimum absolute atomic E-state index is 0.0979. The lowest BCUT2D eigenvalue weighted by atomic mass is 10.00. The Labute approximate surface area is 174 Å². The molecule has 0 unspecified atom stereocenters. The van der Waals surface area contributed by atoms with Crippen LogP contribution in [0.5, 0.6) is 17.2 Å². The van der Waals surface area contributed by atoms with Gasteiger partial charge in [0.15, 0.2) is 11.5 Å². The fraction of sp³-hybridized carbons (Fsp3) is 0.304. The topological polar surface area (TPSA) is 74.6 Å². The van der Waals surface area contributed by atoms with Gasteiger partial charge in [-0.25, -0.2) is 0 Å². The SMILES string of the molecule is Cn1cc(C(=O)N[C@@H]2CCOc3ccccc32)c(-c2ccc3c(c2)OCCCO3)n1. The van der Waals surface area contributed by atoms with Crippen molar-refractivity contribution in [3.8, 4) is 28.5 Å². The maximum atomic E-state index is 13.2. The molecule has 7 heteroatoms. The highest BCUT2D eigenvalue weighted by Crippen LogP contribution is 2.35. The van der Waals surface area contributed by atoms with Gasteiger partial charge < -0.3 is 19.5 Å². The number of fused-ring (bicyclic) bond motifs is 2. The second-order valence-corrected chi connectivity index (χ2v) is 7.48. The van der Waals surface area contributed by atoms with E-state index >= 15 is 0 Å². The van der Waals surface area contributed by atoms with E-state index < -0.39 is 0 Å². The monoisotopic (exact) mass is 405 g/mol. The Kier molecular flexibility index (Phi) is 4.78. The van der Waals surface area contributed by atoms with E-state index in [-0.39, 0.29) is 11.9 Å². The van der Waals surface area contributed by atoms with E-state index in [0.29, 0.717) is 36.8 Å². The van der Waals surface area contributed by atoms with Crippen LogP contribution in [0, 0.1) is 0 Å². The lowest BCUT2D eigenvalue weighted by Crippen LogP contribution is -2.32. The highest BCUT2D eigenvalue weighted by atomic mass is 16.5. The van der Waals surface area contributed by atoms with Crippen molar-refractivity contribution in [3.63, 3.8) is 0 Å². The molecular weight excluding hydrogens is 382 g/mol. The van der Waals surface area contributed by atoms with Crippen LogP contribution in [0.15, 0.2) is 48.7 Å². The van der Waals surface area contributed by atoms with Crippen LogP contribution in [0.3, 0.4) is 0 Å². The number of hydrogen-bond donors (Lipinski definition) is 1. The molecule has 2 aliphatic rings. The number of ether oxygens (including phenoxy) is 3. The minimum atomic E-state index is -0.160. The van der Waals surface area contributed by atoms with E-state index in [1.54, 1.807) is 10.9 Å². The number of nitrogens with zero attached hydrogens (tertiary/aromatic N) is 2. The number of aryl methyl sites for hydroxylation is 1. The van der Waals surface area contributed by atoms with Crippen molar-refractivity contribution < 1.29 is 19.0 Å². The van der Waals surface area contributed by atoms with Gasteiger partial charge in [0.05, 0.1) is 31.4 Å². The molecule has 5 rings (SSSR count). The summed E-state index contributed by atoms with van der Waals surface area (Å²) in [4.78, 5) is 13.2. The van der Waals surface area contributed by atoms with Crippen LogP contribution < -0.4 is 19.5 Å². The largest absolute Gasteiger partial charge is 0.493 e. The van der Waals surface area contributed by atoms with E-state index in [1.807, 2.05) is 49.5 Å². The number of carbonyl (C=O) groups is 1. The van der Waals surface area contributed by atoms with Gasteiger partial charge in [0.2, 0.25) is 0 Å². The van der Waals surface area contributed by atoms with Crippen molar-refractivity contribution in [2.45, 2.75) is 18.9 Å². The van der Waals surface area contributed by atoms with Gasteiger partial charge in [0.25, 0.3) is 5.91 Å². The summed E-state index contributed by atoms with van der Waals surface area (Å²) in [6.07, 6.45) is 3.31. The molecule has 2 aromatic carbocycles. The summed E-state index contributed by atoms with van der Waals surface area (Å²) in [5.41, 5.74) is 2.96. The number of carbonyl (C=O) groups excluding carboxylic acids is 1. The molecule has 7 nitrogen and oxygen atoms in total. The molecule has 0 aliphatic carbocycles. The molecule has 0 radical (unpaired) electrons. The molecule has 1 atom stereocenters. The van der Waals surface area contributed by atoms with Crippen molar-refractivity contribution in [2.24, 2.45) is 7.05 Å². The maximum absolute atomic E-state index is 13.2. The Hall–Kier alpha value is -3.48. The lowest BCUT2D eigenvalue weighted by Gasteiger charge is -2.26. The van der Waals surface area contributed by atoms with Gasteiger partial charge in [-0.3, -0.25) is 9.48 Å². The number of aromatic nitrogens is 2. The Morgan fingerprint density at radius 1 is 1.03 bits per heavy atom. The second-order valence-electron chi connectivity index (χ2n) is 7.48. The Morgan fingerprint density at radius 3 is 2.73 bits per heavy atom. The lowest BCUT2D eigenvalue weighted by molar-refractivity contribution is 0.0925. The third-order valence-electron chi connectivity index (χ3n) is 5.36. The summed E-state index contributed by atoms with van der Waals surface area (Å²) in [5.74, 6) is 2.06. The first kappa shape index (κ1) is 18.5. The van der Waals surface area contributed by atoms with Crippen LogP contribution in [-0.2, 0) is 7.05 Å². The van der Waals surface area contributed by atoms with Gasteiger partial charge in [-0.2, -0.15) is 5.10 Å². The standard InChI is InChI=1S/C23H23N3O4/c1-26-14-17(23(27)24-18-9-12-30-19-6-3-2-5-16(18)19)22(25-26)15-7-8-20-21(13-15)29-11-4-10-28-20/h2-3,5-8,13-14,18H,4,9-12H2,1H3,(H,24,27)/t18-/m1/s1. The first-order valence-corrected chi connectivity index (χ1v) is 10.2. The third kappa shape index (κ3) is 3.47. The molecule has 1 amide bonds. The van der Waals surface area contributed by atoms with Gasteiger partial charge in [0, 0.05) is 37.2 Å². The first-order valence-electron chi connectivity index (χ1n) is 10.2. The van der Waals surface area contributed by atoms with Gasteiger partial charge in [0.1, 0.15) is 11.4 Å². The summed E-state index contributed by atoms with van der Waals surface area (Å²) in [7, 11) is 1.81. The predicted octanol–water partition coefficient (Wildman–Crippen LogP) is 3.50. The van der Waals surface area contributed by atoms with E-state index in [1.165, 1.54) is 0 Å². The molecule has 1 aromatic heterocycles. The van der Waals surface area contributed by atoms with Gasteiger partial charge >= 0.3 is 0 Å². The minimum Gasteiger partial charge on any atom is -0.493 e. The zero-order valence-corrected chi connectivity index (χ0v) is 16.8. The Balaban J connectivity index is 1.44. The van der Waals surface area contributed by atoms with E-state index in [0.717, 1.165) is 35.5 Å². The van der Waals surface area contributed by atoms with Crippen molar-refractivity contribution >= 4 is 5.91 Å². The van der Waals surface area contributed by atoms with Gasteiger partial charge in [-0.05, 0) is 24.3 Å². The van der Waals surface area contributed by atoms with Crippen molar-refractivity contribution in [1.29, 1.82) is 0 Å². The van der Waals surface area contributed by atoms with E-state index in [4.69, 9.17) is 14.2 Å². The molecule has 0 saturated carbocycles. The first-order chi connectivity index (χ1) is 14.7. The summed E-state index contributed by atoms with van der Waals surface area (Å²) in [6, 6.07) is 13.4. The van der Waals surface area contributed by atoms with Gasteiger partial charge in [-0.1, -0.05) is 18.2 Å². The summed E-state index contributed by atoms with van der Waals surface area (Å²) >= 11 is 0. The number of amides is 1. The smallest absolute Gasteiger partial charge is 0.255 e. The normalized spacial score (nSPS) is 17.4. The average molecular weight is 405 g/mol. The van der Waals surface area contributed by atoms with Crippen LogP contribution in [-0.4, -0.2) is 35.5 Å². The molecule has 0 saturated heterocycles. The van der Waals surface area contributed by atoms with Crippen molar-refractivity contribution in [2.75, 3.05) is 19.8 Å². The molecule has 1 N–H and O–H groups in total. The van der Waals surface area contributed by atoms with Crippen molar-refractivity contribution in [1.82, 2.24) is 15.1 Å². The molecular formula is C23H23N3O4. The zero-order valence-electron chi connectivity index (χ0n) is 16.8. The number of rotatable bonds is 3. The molecule has 3 heterocycles. The maximum Gasteiger partial charge on any atom is 0.255 e. The molecule has 30 heavy (non-hydrogen) atoms. The fourth-order valence-electron chi connectivity index (χ4n) is 3.91. The second kappa shape index (κ2) is 7.74. The molecule has 0 spiro atoms. The quantitative estimate of drug-likeness (QED) is 0.722. The van der Waals surface area contributed by atoms with Crippen LogP contribution in [0.1, 0.15) is 34.8 Å². The highest BCUT2D eigenvalue weighted by molar-refractivity contribution is 6.00. The van der Waals surface area contributed by atoms with Crippen LogP contribution in [0.2, 0.25) is 0 Å². The van der Waals surface area contributed by atoms with E-state index in [9.17, 15) is 4.79 Å². The van der Waals surface area contributed by atoms with Crippen molar-refractivity contribution in [3.05, 3.63) is 59.8 Å². The van der Waals surface area contributed by atoms with Gasteiger partial charge in [-0.15, -0.1) is 0 Å². The molecule has 2 aliphatic heterocycles. The number of para-hydroxylation sites is 1. The Morgan fingerprint density at radius 2 is 1.83 bits per heavy atom. The number of benzene rings is 2. The summed E-state index contributed by atoms with van der Waals surface area (Å²) in [6.45, 7) is 1.81. The highest BCUT2D eigenvalue weighted by Gasteiger charge is 2.26. The average Bonchev–Trinajstić information content (AvgIpc) is 3.01. The molecule has 154 valence electrons. The van der Waals surface area contributed by atoms with Crippen LogP contribution in [0.25, 0.3) is 11.3 Å².